The molecule has 2 heterocycles. The molecule has 0 saturated carbocycles. The number of ether oxygens (including phenoxy) is 2. The van der Waals surface area contributed by atoms with Crippen LogP contribution in [-0.2, 0) is 0 Å². The van der Waals surface area contributed by atoms with Crippen LogP contribution in [0.4, 0.5) is 0 Å². The van der Waals surface area contributed by atoms with Crippen molar-refractivity contribution in [2.45, 2.75) is 13.0 Å². The van der Waals surface area contributed by atoms with Gasteiger partial charge in [0.2, 0.25) is 0 Å². The summed E-state index contributed by atoms with van der Waals surface area (Å²) in [7, 11) is 1.64. The standard InChI is InChI=1S/C25H31N3O3/c1-3-27-10-12-28(13-11-27)17-21(29)18-31-24-9-8-19-6-4-5-7-23(19)25(24)20-14-22(30-2)16-26-15-20/h4-9,14-16,21,29H,3,10-13,17-18H2,1-2H3. The Morgan fingerprint density at radius 2 is 1.81 bits per heavy atom. The molecule has 0 bridgehead atoms. The Labute approximate surface area is 184 Å². The van der Waals surface area contributed by atoms with E-state index >= 15 is 0 Å². The topological polar surface area (TPSA) is 58.1 Å². The van der Waals surface area contributed by atoms with Gasteiger partial charge in [0.1, 0.15) is 24.2 Å². The second-order valence-corrected chi connectivity index (χ2v) is 7.97. The van der Waals surface area contributed by atoms with E-state index in [1.807, 2.05) is 30.5 Å². The maximum absolute atomic E-state index is 10.6. The zero-order valence-corrected chi connectivity index (χ0v) is 18.3. The lowest BCUT2D eigenvalue weighted by Crippen LogP contribution is -2.49. The molecular formula is C25H31N3O3. The van der Waals surface area contributed by atoms with Gasteiger partial charge < -0.3 is 19.5 Å². The first-order valence-corrected chi connectivity index (χ1v) is 10.9. The first-order chi connectivity index (χ1) is 15.2. The van der Waals surface area contributed by atoms with Crippen molar-refractivity contribution >= 4 is 10.8 Å². The molecule has 0 aliphatic carbocycles. The number of piperazine rings is 1. The number of benzene rings is 2. The zero-order chi connectivity index (χ0) is 21.6. The highest BCUT2D eigenvalue weighted by Crippen LogP contribution is 2.38. The van der Waals surface area contributed by atoms with Crippen LogP contribution in [0.15, 0.2) is 54.9 Å². The Morgan fingerprint density at radius 1 is 1.03 bits per heavy atom. The van der Waals surface area contributed by atoms with Crippen molar-refractivity contribution in [2.75, 3.05) is 53.0 Å². The Balaban J connectivity index is 1.52. The van der Waals surface area contributed by atoms with Gasteiger partial charge in [0.25, 0.3) is 0 Å². The van der Waals surface area contributed by atoms with Gasteiger partial charge in [-0.3, -0.25) is 9.88 Å². The Hall–Kier alpha value is -2.67. The van der Waals surface area contributed by atoms with Crippen LogP contribution in [0.1, 0.15) is 6.92 Å². The molecule has 3 aromatic rings. The first-order valence-electron chi connectivity index (χ1n) is 10.9. The maximum Gasteiger partial charge on any atom is 0.137 e. The molecule has 1 saturated heterocycles. The summed E-state index contributed by atoms with van der Waals surface area (Å²) in [6, 6.07) is 14.2. The van der Waals surface area contributed by atoms with Gasteiger partial charge in [-0.1, -0.05) is 37.3 Å². The lowest BCUT2D eigenvalue weighted by atomic mass is 9.98. The number of methoxy groups -OCH3 is 1. The number of β-amino-alcohol motifs (C(OH)–C–C–N with tert-alkyl or cyclic N) is 1. The highest BCUT2D eigenvalue weighted by Gasteiger charge is 2.19. The monoisotopic (exact) mass is 421 g/mol. The molecule has 1 fully saturated rings. The Morgan fingerprint density at radius 3 is 2.58 bits per heavy atom. The number of fused-ring (bicyclic) bond motifs is 1. The molecule has 0 amide bonds. The fraction of sp³-hybridized carbons (Fsp3) is 0.400. The van der Waals surface area contributed by atoms with E-state index in [0.29, 0.717) is 12.3 Å². The summed E-state index contributed by atoms with van der Waals surface area (Å²) in [4.78, 5) is 9.07. The van der Waals surface area contributed by atoms with Crippen LogP contribution < -0.4 is 9.47 Å². The molecule has 1 unspecified atom stereocenters. The minimum Gasteiger partial charge on any atom is -0.495 e. The molecular weight excluding hydrogens is 390 g/mol. The van der Waals surface area contributed by atoms with Crippen LogP contribution >= 0.6 is 0 Å². The summed E-state index contributed by atoms with van der Waals surface area (Å²) in [6.45, 7) is 8.24. The van der Waals surface area contributed by atoms with Gasteiger partial charge in [0, 0.05) is 50.0 Å². The largest absolute Gasteiger partial charge is 0.495 e. The number of hydrogen-bond donors (Lipinski definition) is 1. The number of aliphatic hydroxyl groups excluding tert-OH is 1. The molecule has 6 heteroatoms. The summed E-state index contributed by atoms with van der Waals surface area (Å²) in [6.07, 6.45) is 2.97. The molecule has 0 radical (unpaired) electrons. The molecule has 1 aliphatic rings. The van der Waals surface area contributed by atoms with Crippen LogP contribution in [0.2, 0.25) is 0 Å². The molecule has 6 nitrogen and oxygen atoms in total. The van der Waals surface area contributed by atoms with E-state index in [-0.39, 0.29) is 6.61 Å². The fourth-order valence-electron chi connectivity index (χ4n) is 4.16. The average molecular weight is 422 g/mol. The van der Waals surface area contributed by atoms with Gasteiger partial charge in [-0.15, -0.1) is 0 Å². The predicted octanol–water partition coefficient (Wildman–Crippen LogP) is 3.29. The molecule has 1 atom stereocenters. The summed E-state index contributed by atoms with van der Waals surface area (Å²) in [5.74, 6) is 1.44. The lowest BCUT2D eigenvalue weighted by Gasteiger charge is -2.34. The zero-order valence-electron chi connectivity index (χ0n) is 18.3. The molecule has 4 rings (SSSR count). The minimum atomic E-state index is -0.545. The first kappa shape index (κ1) is 21.6. The third kappa shape index (κ3) is 5.15. The van der Waals surface area contributed by atoms with Gasteiger partial charge in [0.05, 0.1) is 13.3 Å². The second kappa shape index (κ2) is 10.1. The van der Waals surface area contributed by atoms with Crippen LogP contribution in [-0.4, -0.2) is 79.0 Å². The molecule has 1 aromatic heterocycles. The van der Waals surface area contributed by atoms with E-state index in [4.69, 9.17) is 9.47 Å². The van der Waals surface area contributed by atoms with Crippen molar-refractivity contribution in [3.05, 3.63) is 54.9 Å². The number of pyridine rings is 1. The summed E-state index contributed by atoms with van der Waals surface area (Å²) in [5.41, 5.74) is 1.89. The molecule has 2 aromatic carbocycles. The SMILES string of the molecule is CCN1CCN(CC(O)COc2ccc3ccccc3c2-c2cncc(OC)c2)CC1. The highest BCUT2D eigenvalue weighted by molar-refractivity contribution is 5.99. The normalized spacial score (nSPS) is 16.4. The Kier molecular flexibility index (Phi) is 7.02. The predicted molar refractivity (Wildman–Crippen MR) is 124 cm³/mol. The van der Waals surface area contributed by atoms with Crippen molar-refractivity contribution < 1.29 is 14.6 Å². The average Bonchev–Trinajstić information content (AvgIpc) is 2.82. The second-order valence-electron chi connectivity index (χ2n) is 7.97. The van der Waals surface area contributed by atoms with Crippen molar-refractivity contribution in [3.63, 3.8) is 0 Å². The minimum absolute atomic E-state index is 0.247. The van der Waals surface area contributed by atoms with Gasteiger partial charge in [-0.2, -0.15) is 0 Å². The highest BCUT2D eigenvalue weighted by atomic mass is 16.5. The van der Waals surface area contributed by atoms with Crippen LogP contribution in [0, 0.1) is 0 Å². The number of nitrogens with zero attached hydrogens (tertiary/aromatic N) is 3. The Bertz CT molecular complexity index is 1000. The fourth-order valence-corrected chi connectivity index (χ4v) is 4.16. The van der Waals surface area contributed by atoms with E-state index in [0.717, 1.165) is 60.4 Å². The number of aromatic nitrogens is 1. The van der Waals surface area contributed by atoms with Gasteiger partial charge >= 0.3 is 0 Å². The van der Waals surface area contributed by atoms with Crippen molar-refractivity contribution in [1.82, 2.24) is 14.8 Å². The lowest BCUT2D eigenvalue weighted by molar-refractivity contribution is 0.0472. The van der Waals surface area contributed by atoms with Crippen molar-refractivity contribution in [2.24, 2.45) is 0 Å². The number of rotatable bonds is 8. The molecule has 0 spiro atoms. The van der Waals surface area contributed by atoms with Crippen molar-refractivity contribution in [3.8, 4) is 22.6 Å². The van der Waals surface area contributed by atoms with Crippen LogP contribution in [0.25, 0.3) is 21.9 Å². The number of aliphatic hydroxyl groups is 1. The van der Waals surface area contributed by atoms with Crippen LogP contribution in [0.5, 0.6) is 11.5 Å². The third-order valence-electron chi connectivity index (χ3n) is 5.94. The van der Waals surface area contributed by atoms with Crippen molar-refractivity contribution in [1.29, 1.82) is 0 Å². The summed E-state index contributed by atoms with van der Waals surface area (Å²) < 4.78 is 11.5. The van der Waals surface area contributed by atoms with E-state index in [1.54, 1.807) is 13.3 Å². The smallest absolute Gasteiger partial charge is 0.137 e. The summed E-state index contributed by atoms with van der Waals surface area (Å²) >= 11 is 0. The maximum atomic E-state index is 10.6. The van der Waals surface area contributed by atoms with Gasteiger partial charge in [0.15, 0.2) is 0 Å². The molecule has 1 aliphatic heterocycles. The number of likely N-dealkylation sites (N-methyl/N-ethyl adjacent to an activating group) is 1. The number of hydrogen-bond acceptors (Lipinski definition) is 6. The molecule has 1 N–H and O–H groups in total. The quantitative estimate of drug-likeness (QED) is 0.602. The summed E-state index contributed by atoms with van der Waals surface area (Å²) in [5, 5.41) is 12.8. The van der Waals surface area contributed by atoms with E-state index in [9.17, 15) is 5.11 Å². The molecule has 31 heavy (non-hydrogen) atoms. The third-order valence-corrected chi connectivity index (χ3v) is 5.94. The van der Waals surface area contributed by atoms with E-state index < -0.39 is 6.10 Å². The van der Waals surface area contributed by atoms with E-state index in [1.165, 1.54) is 0 Å². The molecule has 164 valence electrons. The van der Waals surface area contributed by atoms with Crippen LogP contribution in [0.3, 0.4) is 0 Å². The van der Waals surface area contributed by atoms with Gasteiger partial charge in [-0.05, 0) is 29.4 Å². The van der Waals surface area contributed by atoms with Gasteiger partial charge in [-0.25, -0.2) is 0 Å². The van der Waals surface area contributed by atoms with E-state index in [2.05, 4.69) is 39.9 Å².